The van der Waals surface area contributed by atoms with Crippen molar-refractivity contribution in [1.82, 2.24) is 14.5 Å². The molecule has 186 valence electrons. The highest BCUT2D eigenvalue weighted by atomic mass is 35.5. The zero-order valence-electron chi connectivity index (χ0n) is 19.9. The Balaban J connectivity index is 1.62. The molecule has 0 amide bonds. The molecule has 8 nitrogen and oxygen atoms in total. The van der Waals surface area contributed by atoms with Crippen molar-refractivity contribution in [2.24, 2.45) is 12.5 Å². The van der Waals surface area contributed by atoms with E-state index in [9.17, 15) is 24.3 Å². The highest BCUT2D eigenvalue weighted by Gasteiger charge is 2.51. The van der Waals surface area contributed by atoms with Crippen molar-refractivity contribution in [1.29, 1.82) is 5.26 Å². The number of aromatic nitrogens is 3. The number of benzene rings is 1. The third kappa shape index (κ3) is 3.80. The van der Waals surface area contributed by atoms with Gasteiger partial charge in [-0.15, -0.1) is 0 Å². The van der Waals surface area contributed by atoms with E-state index in [1.165, 1.54) is 28.8 Å². The van der Waals surface area contributed by atoms with Gasteiger partial charge >= 0.3 is 5.97 Å². The number of carbonyl (C=O) groups is 1. The Morgan fingerprint density at radius 1 is 1.22 bits per heavy atom. The first-order valence-corrected chi connectivity index (χ1v) is 12.2. The van der Waals surface area contributed by atoms with E-state index in [-0.39, 0.29) is 38.3 Å². The van der Waals surface area contributed by atoms with Crippen LogP contribution in [0.25, 0.3) is 10.9 Å². The van der Waals surface area contributed by atoms with E-state index in [1.807, 2.05) is 0 Å². The molecule has 3 aliphatic rings. The summed E-state index contributed by atoms with van der Waals surface area (Å²) in [6.07, 6.45) is 4.63. The van der Waals surface area contributed by atoms with Gasteiger partial charge < -0.3 is 10.4 Å². The van der Waals surface area contributed by atoms with Gasteiger partial charge in [0.15, 0.2) is 5.69 Å². The fourth-order valence-corrected chi connectivity index (χ4v) is 6.03. The van der Waals surface area contributed by atoms with Crippen molar-refractivity contribution in [2.75, 3.05) is 5.32 Å². The van der Waals surface area contributed by atoms with Crippen LogP contribution in [0.15, 0.2) is 29.1 Å². The van der Waals surface area contributed by atoms with E-state index in [4.69, 9.17) is 16.6 Å². The summed E-state index contributed by atoms with van der Waals surface area (Å²) in [5, 5.41) is 22.5. The molecule has 0 spiro atoms. The summed E-state index contributed by atoms with van der Waals surface area (Å²) in [5.74, 6) is -1.18. The quantitative estimate of drug-likeness (QED) is 0.458. The first kappa shape index (κ1) is 24.2. The van der Waals surface area contributed by atoms with Crippen molar-refractivity contribution in [3.05, 3.63) is 62.7 Å². The van der Waals surface area contributed by atoms with Crippen LogP contribution >= 0.6 is 11.6 Å². The molecular formula is C26H25ClFN5O3. The van der Waals surface area contributed by atoms with Crippen LogP contribution in [-0.2, 0) is 12.5 Å². The third-order valence-corrected chi connectivity index (χ3v) is 8.25. The molecule has 2 N–H and O–H groups in total. The van der Waals surface area contributed by atoms with Crippen LogP contribution in [0, 0.1) is 22.6 Å². The lowest BCUT2D eigenvalue weighted by Gasteiger charge is -2.50. The van der Waals surface area contributed by atoms with Crippen LogP contribution in [-0.4, -0.2) is 25.6 Å². The molecule has 36 heavy (non-hydrogen) atoms. The highest BCUT2D eigenvalue weighted by Crippen LogP contribution is 2.57. The average molecular weight is 510 g/mol. The van der Waals surface area contributed by atoms with Gasteiger partial charge in [0.25, 0.3) is 5.56 Å². The number of carboxylic acids is 1. The van der Waals surface area contributed by atoms with Crippen molar-refractivity contribution >= 4 is 34.2 Å². The zero-order valence-corrected chi connectivity index (χ0v) is 20.7. The van der Waals surface area contributed by atoms with Crippen molar-refractivity contribution in [2.45, 2.75) is 56.9 Å². The molecule has 1 atom stereocenters. The molecule has 0 unspecified atom stereocenters. The van der Waals surface area contributed by atoms with E-state index in [2.05, 4.69) is 16.4 Å². The molecule has 2 aromatic heterocycles. The predicted octanol–water partition coefficient (Wildman–Crippen LogP) is 5.11. The number of carboxylic acid groups (broad SMARTS) is 1. The maximum Gasteiger partial charge on any atom is 0.356 e. The SMILES string of the molecule is C[C@@H](Nc1ccc(Cl)nc1C(=O)O)c1cc(F)cc2c(=O)n(C)c(C34CCC(C#N)(CC3)CC4)nc12. The van der Waals surface area contributed by atoms with Crippen molar-refractivity contribution in [3.8, 4) is 6.07 Å². The second-order valence-corrected chi connectivity index (χ2v) is 10.5. The summed E-state index contributed by atoms with van der Waals surface area (Å²) in [6, 6.07) is 7.38. The molecule has 0 radical (unpaired) electrons. The topological polar surface area (TPSA) is 121 Å². The monoisotopic (exact) mass is 509 g/mol. The zero-order chi connectivity index (χ0) is 25.8. The minimum Gasteiger partial charge on any atom is -0.476 e. The van der Waals surface area contributed by atoms with Gasteiger partial charge in [0.05, 0.1) is 34.1 Å². The molecule has 3 aliphatic carbocycles. The normalized spacial score (nSPS) is 23.9. The van der Waals surface area contributed by atoms with E-state index in [1.54, 1.807) is 14.0 Å². The maximum absolute atomic E-state index is 14.7. The Labute approximate surface area is 211 Å². The van der Waals surface area contributed by atoms with Crippen molar-refractivity contribution in [3.63, 3.8) is 0 Å². The summed E-state index contributed by atoms with van der Waals surface area (Å²) in [6.45, 7) is 1.74. The molecule has 0 saturated heterocycles. The fourth-order valence-electron chi connectivity index (χ4n) is 5.88. The Kier molecular flexibility index (Phi) is 5.75. The lowest BCUT2D eigenvalue weighted by molar-refractivity contribution is 0.0691. The average Bonchev–Trinajstić information content (AvgIpc) is 2.88. The molecule has 6 rings (SSSR count). The summed E-state index contributed by atoms with van der Waals surface area (Å²) >= 11 is 5.87. The number of aromatic carboxylic acids is 1. The highest BCUT2D eigenvalue weighted by molar-refractivity contribution is 6.29. The van der Waals surface area contributed by atoms with E-state index >= 15 is 0 Å². The first-order chi connectivity index (χ1) is 17.1. The molecule has 3 saturated carbocycles. The van der Waals surface area contributed by atoms with Crippen LogP contribution in [0.4, 0.5) is 10.1 Å². The number of hydrogen-bond acceptors (Lipinski definition) is 6. The molecule has 2 bridgehead atoms. The van der Waals surface area contributed by atoms with Gasteiger partial charge in [-0.05, 0) is 69.7 Å². The lowest BCUT2D eigenvalue weighted by Crippen LogP contribution is -2.46. The number of nitrogens with zero attached hydrogens (tertiary/aromatic N) is 4. The van der Waals surface area contributed by atoms with E-state index < -0.39 is 17.8 Å². The summed E-state index contributed by atoms with van der Waals surface area (Å²) in [7, 11) is 1.67. The molecule has 10 heteroatoms. The van der Waals surface area contributed by atoms with Gasteiger partial charge in [0.1, 0.15) is 16.8 Å². The number of nitriles is 1. The largest absolute Gasteiger partial charge is 0.476 e. The Morgan fingerprint density at radius 2 is 1.89 bits per heavy atom. The molecule has 2 heterocycles. The van der Waals surface area contributed by atoms with Crippen LogP contribution < -0.4 is 10.9 Å². The van der Waals surface area contributed by atoms with Gasteiger partial charge in [0.2, 0.25) is 0 Å². The van der Waals surface area contributed by atoms with Crippen LogP contribution in [0.5, 0.6) is 0 Å². The number of fused-ring (bicyclic) bond motifs is 4. The Bertz CT molecular complexity index is 1490. The number of anilines is 1. The maximum atomic E-state index is 14.7. The van der Waals surface area contributed by atoms with Crippen LogP contribution in [0.2, 0.25) is 5.15 Å². The number of pyridine rings is 1. The summed E-state index contributed by atoms with van der Waals surface area (Å²) < 4.78 is 16.2. The van der Waals surface area contributed by atoms with Gasteiger partial charge in [-0.3, -0.25) is 9.36 Å². The second kappa shape index (κ2) is 8.56. The van der Waals surface area contributed by atoms with Gasteiger partial charge in [-0.1, -0.05) is 11.6 Å². The smallest absolute Gasteiger partial charge is 0.356 e. The number of rotatable bonds is 5. The van der Waals surface area contributed by atoms with Gasteiger partial charge in [0, 0.05) is 18.0 Å². The summed E-state index contributed by atoms with van der Waals surface area (Å²) in [4.78, 5) is 34.0. The summed E-state index contributed by atoms with van der Waals surface area (Å²) in [5.41, 5.74) is -0.150. The standard InChI is InChI=1S/C26H25ClFN5O3/c1-14(30-18-3-4-19(27)31-21(18)23(35)36)16-11-15(28)12-17-20(16)32-24(33(2)22(17)34)26-8-5-25(13-29,6-9-26)7-10-26/h3-4,11-12,14,30H,5-10H2,1-2H3,(H,35,36)/t14-,25?,26?/m1/s1. The van der Waals surface area contributed by atoms with E-state index in [0.717, 1.165) is 38.5 Å². The molecule has 0 aliphatic heterocycles. The van der Waals surface area contributed by atoms with Gasteiger partial charge in [-0.2, -0.15) is 5.26 Å². The predicted molar refractivity (Wildman–Crippen MR) is 133 cm³/mol. The molecule has 3 aromatic rings. The van der Waals surface area contributed by atoms with Crippen LogP contribution in [0.1, 0.15) is 73.4 Å². The molecule has 1 aromatic carbocycles. The van der Waals surface area contributed by atoms with Crippen LogP contribution in [0.3, 0.4) is 0 Å². The molecular weight excluding hydrogens is 485 g/mol. The molecule has 3 fully saturated rings. The second-order valence-electron chi connectivity index (χ2n) is 10.1. The lowest BCUT2D eigenvalue weighted by atomic mass is 9.54. The minimum atomic E-state index is -1.26. The number of nitrogens with one attached hydrogen (secondary N) is 1. The first-order valence-electron chi connectivity index (χ1n) is 11.9. The van der Waals surface area contributed by atoms with Gasteiger partial charge in [-0.25, -0.2) is 19.2 Å². The number of halogens is 2. The van der Waals surface area contributed by atoms with E-state index in [0.29, 0.717) is 16.9 Å². The third-order valence-electron chi connectivity index (χ3n) is 8.03. The number of hydrogen-bond donors (Lipinski definition) is 2. The minimum absolute atomic E-state index is 0.0382. The Morgan fingerprint density at radius 3 is 2.50 bits per heavy atom. The Hall–Kier alpha value is -3.51. The fraction of sp³-hybridized carbons (Fsp3) is 0.423. The van der Waals surface area contributed by atoms with Crippen molar-refractivity contribution < 1.29 is 14.3 Å².